The zero-order valence-electron chi connectivity index (χ0n) is 20.1. The number of para-hydroxylation sites is 1. The number of urea groups is 1. The van der Waals surface area contributed by atoms with Gasteiger partial charge in [-0.2, -0.15) is 0 Å². The summed E-state index contributed by atoms with van der Waals surface area (Å²) in [5.74, 6) is 0.245. The second-order valence-corrected chi connectivity index (χ2v) is 10.9. The molecule has 8 nitrogen and oxygen atoms in total. The predicted octanol–water partition coefficient (Wildman–Crippen LogP) is 4.39. The maximum atomic E-state index is 13.1. The molecule has 9 heteroatoms. The van der Waals surface area contributed by atoms with Crippen molar-refractivity contribution in [3.05, 3.63) is 35.3 Å². The first kappa shape index (κ1) is 24.2. The Balaban J connectivity index is 1.33. The molecular formula is C25H31N3O5S. The van der Waals surface area contributed by atoms with Crippen molar-refractivity contribution in [3.63, 3.8) is 0 Å². The smallest absolute Gasteiger partial charge is 0.326 e. The Kier molecular flexibility index (Phi) is 6.66. The standard InChI is InChI=1S/C25H31N3O5S/c1-24(2,3)16-9-11-25(12-10-16)22(30)28(23(31)27-25)13-20(29)33-14-17-15-34-21(26-17)18-7-5-6-8-19(18)32-4/h5-8,15-16H,9-14H2,1-4H3,(H,27,31). The number of rotatable bonds is 6. The van der Waals surface area contributed by atoms with Gasteiger partial charge < -0.3 is 14.8 Å². The fourth-order valence-corrected chi connectivity index (χ4v) is 5.62. The first-order chi connectivity index (χ1) is 16.1. The normalized spacial score (nSPS) is 22.7. The van der Waals surface area contributed by atoms with E-state index in [2.05, 4.69) is 31.1 Å². The highest BCUT2D eigenvalue weighted by Gasteiger charge is 2.53. The predicted molar refractivity (Wildman–Crippen MR) is 128 cm³/mol. The minimum absolute atomic E-state index is 0.0352. The molecule has 0 radical (unpaired) electrons. The lowest BCUT2D eigenvalue weighted by atomic mass is 9.67. The number of carbonyl (C=O) groups is 3. The van der Waals surface area contributed by atoms with Crippen LogP contribution in [0, 0.1) is 11.3 Å². The van der Waals surface area contributed by atoms with Crippen LogP contribution < -0.4 is 10.1 Å². The monoisotopic (exact) mass is 485 g/mol. The number of thiazole rings is 1. The first-order valence-corrected chi connectivity index (χ1v) is 12.4. The van der Waals surface area contributed by atoms with E-state index in [1.54, 1.807) is 7.11 Å². The zero-order valence-corrected chi connectivity index (χ0v) is 20.9. The third-order valence-corrected chi connectivity index (χ3v) is 7.79. The van der Waals surface area contributed by atoms with Crippen LogP contribution in [0.1, 0.15) is 52.1 Å². The van der Waals surface area contributed by atoms with Crippen molar-refractivity contribution in [2.24, 2.45) is 11.3 Å². The molecule has 2 aliphatic rings. The molecule has 182 valence electrons. The Morgan fingerprint density at radius 1 is 1.24 bits per heavy atom. The summed E-state index contributed by atoms with van der Waals surface area (Å²) in [4.78, 5) is 43.6. The number of benzene rings is 1. The number of methoxy groups -OCH3 is 1. The van der Waals surface area contributed by atoms with Crippen LogP contribution in [0.5, 0.6) is 5.75 Å². The Labute approximate surface area is 203 Å². The Bertz CT molecular complexity index is 1080. The molecular weight excluding hydrogens is 454 g/mol. The van der Waals surface area contributed by atoms with E-state index < -0.39 is 24.1 Å². The fourth-order valence-electron chi connectivity index (χ4n) is 4.78. The van der Waals surface area contributed by atoms with Crippen LogP contribution in [0.25, 0.3) is 10.6 Å². The van der Waals surface area contributed by atoms with E-state index in [0.29, 0.717) is 30.2 Å². The largest absolute Gasteiger partial charge is 0.496 e. The molecule has 1 saturated carbocycles. The van der Waals surface area contributed by atoms with Crippen molar-refractivity contribution in [1.82, 2.24) is 15.2 Å². The van der Waals surface area contributed by atoms with Gasteiger partial charge in [0.1, 0.15) is 29.4 Å². The summed E-state index contributed by atoms with van der Waals surface area (Å²) in [7, 11) is 1.60. The van der Waals surface area contributed by atoms with Crippen molar-refractivity contribution >= 4 is 29.2 Å². The lowest BCUT2D eigenvalue weighted by molar-refractivity contribution is -0.149. The van der Waals surface area contributed by atoms with Crippen molar-refractivity contribution in [1.29, 1.82) is 0 Å². The molecule has 3 amide bonds. The quantitative estimate of drug-likeness (QED) is 0.481. The van der Waals surface area contributed by atoms with E-state index in [-0.39, 0.29) is 17.9 Å². The molecule has 1 aliphatic carbocycles. The third kappa shape index (κ3) is 4.80. The van der Waals surface area contributed by atoms with E-state index in [4.69, 9.17) is 9.47 Å². The number of ether oxygens (including phenoxy) is 2. The number of aromatic nitrogens is 1. The summed E-state index contributed by atoms with van der Waals surface area (Å²) in [5.41, 5.74) is 0.724. The van der Waals surface area contributed by atoms with Crippen LogP contribution in [0.4, 0.5) is 4.79 Å². The van der Waals surface area contributed by atoms with Crippen molar-refractivity contribution in [2.75, 3.05) is 13.7 Å². The topological polar surface area (TPSA) is 97.8 Å². The summed E-state index contributed by atoms with van der Waals surface area (Å²) in [6.07, 6.45) is 2.92. The summed E-state index contributed by atoms with van der Waals surface area (Å²) in [6.45, 7) is 6.17. The second kappa shape index (κ2) is 9.37. The highest BCUT2D eigenvalue weighted by Crippen LogP contribution is 2.43. The molecule has 34 heavy (non-hydrogen) atoms. The Hall–Kier alpha value is -2.94. The molecule has 0 atom stereocenters. The molecule has 2 fully saturated rings. The van der Waals surface area contributed by atoms with Gasteiger partial charge in [-0.15, -0.1) is 11.3 Å². The molecule has 1 saturated heterocycles. The number of imide groups is 1. The van der Waals surface area contributed by atoms with Gasteiger partial charge in [-0.05, 0) is 49.1 Å². The second-order valence-electron chi connectivity index (χ2n) is 10.0. The summed E-state index contributed by atoms with van der Waals surface area (Å²) >= 11 is 1.42. The molecule has 1 spiro atoms. The van der Waals surface area contributed by atoms with Crippen LogP contribution in [0.3, 0.4) is 0 Å². The third-order valence-electron chi connectivity index (χ3n) is 6.87. The minimum atomic E-state index is -0.891. The number of amides is 3. The fraction of sp³-hybridized carbons (Fsp3) is 0.520. The molecule has 1 aromatic carbocycles. The number of nitrogens with zero attached hydrogens (tertiary/aromatic N) is 2. The van der Waals surface area contributed by atoms with E-state index in [9.17, 15) is 14.4 Å². The maximum absolute atomic E-state index is 13.1. The van der Waals surface area contributed by atoms with Crippen LogP contribution in [-0.2, 0) is 20.9 Å². The summed E-state index contributed by atoms with van der Waals surface area (Å²) in [5, 5.41) is 5.43. The highest BCUT2D eigenvalue weighted by atomic mass is 32.1. The molecule has 0 unspecified atom stereocenters. The number of hydrogen-bond acceptors (Lipinski definition) is 7. The average Bonchev–Trinajstić information content (AvgIpc) is 3.36. The van der Waals surface area contributed by atoms with E-state index in [1.165, 1.54) is 11.3 Å². The molecule has 2 aromatic rings. The summed E-state index contributed by atoms with van der Waals surface area (Å²) < 4.78 is 10.7. The van der Waals surface area contributed by atoms with Crippen LogP contribution in [0.2, 0.25) is 0 Å². The van der Waals surface area contributed by atoms with Gasteiger partial charge in [-0.1, -0.05) is 32.9 Å². The average molecular weight is 486 g/mol. The van der Waals surface area contributed by atoms with Crippen molar-refractivity contribution < 1.29 is 23.9 Å². The molecule has 1 N–H and O–H groups in total. The van der Waals surface area contributed by atoms with Gasteiger partial charge in [-0.3, -0.25) is 14.5 Å². The van der Waals surface area contributed by atoms with Crippen molar-refractivity contribution in [2.45, 2.75) is 58.6 Å². The van der Waals surface area contributed by atoms with Gasteiger partial charge in [0.25, 0.3) is 5.91 Å². The molecule has 1 aromatic heterocycles. The van der Waals surface area contributed by atoms with Crippen LogP contribution in [0.15, 0.2) is 29.6 Å². The van der Waals surface area contributed by atoms with Gasteiger partial charge in [0.15, 0.2) is 0 Å². The molecule has 0 bridgehead atoms. The van der Waals surface area contributed by atoms with E-state index in [1.807, 2.05) is 29.6 Å². The van der Waals surface area contributed by atoms with Gasteiger partial charge in [0.2, 0.25) is 0 Å². The lowest BCUT2D eigenvalue weighted by Crippen LogP contribution is -2.50. The van der Waals surface area contributed by atoms with Crippen molar-refractivity contribution in [3.8, 4) is 16.3 Å². The first-order valence-electron chi connectivity index (χ1n) is 11.5. The maximum Gasteiger partial charge on any atom is 0.326 e. The number of nitrogens with one attached hydrogen (secondary N) is 1. The van der Waals surface area contributed by atoms with Crippen LogP contribution >= 0.6 is 11.3 Å². The zero-order chi connectivity index (χ0) is 24.5. The molecule has 4 rings (SSSR count). The molecule has 1 aliphatic heterocycles. The van der Waals surface area contributed by atoms with Gasteiger partial charge in [0.05, 0.1) is 18.4 Å². The summed E-state index contributed by atoms with van der Waals surface area (Å²) in [6, 6.07) is 7.03. The number of hydrogen-bond donors (Lipinski definition) is 1. The SMILES string of the molecule is COc1ccccc1-c1nc(COC(=O)CN2C(=O)NC3(CCC(C(C)(C)C)CC3)C2=O)cs1. The number of esters is 1. The lowest BCUT2D eigenvalue weighted by Gasteiger charge is -2.40. The Morgan fingerprint density at radius 2 is 1.94 bits per heavy atom. The van der Waals surface area contributed by atoms with Gasteiger partial charge >= 0.3 is 12.0 Å². The number of carbonyl (C=O) groups excluding carboxylic acids is 3. The van der Waals surface area contributed by atoms with E-state index >= 15 is 0 Å². The Morgan fingerprint density at radius 3 is 2.62 bits per heavy atom. The van der Waals surface area contributed by atoms with E-state index in [0.717, 1.165) is 28.3 Å². The minimum Gasteiger partial charge on any atom is -0.496 e. The van der Waals surface area contributed by atoms with Gasteiger partial charge in [0, 0.05) is 5.38 Å². The highest BCUT2D eigenvalue weighted by molar-refractivity contribution is 7.13. The molecule has 2 heterocycles. The van der Waals surface area contributed by atoms with Gasteiger partial charge in [-0.25, -0.2) is 9.78 Å². The van der Waals surface area contributed by atoms with Crippen LogP contribution in [-0.4, -0.2) is 47.0 Å².